The van der Waals surface area contributed by atoms with E-state index in [1.54, 1.807) is 7.11 Å². The Bertz CT molecular complexity index is 899. The first-order valence-electron chi connectivity index (χ1n) is 9.52. The number of aryl methyl sites for hydroxylation is 1. The summed E-state index contributed by atoms with van der Waals surface area (Å²) in [7, 11) is 1.64. The van der Waals surface area contributed by atoms with E-state index in [1.807, 2.05) is 68.4 Å². The number of anilines is 3. The SMILES string of the molecule is CCOc1ccc(Nc2cc(NCCOc3ccc(OC)cc3)nc(C)n2)cc1. The number of hydrogen-bond donors (Lipinski definition) is 2. The first-order chi connectivity index (χ1) is 14.2. The molecule has 0 aliphatic heterocycles. The van der Waals surface area contributed by atoms with E-state index in [0.717, 1.165) is 34.6 Å². The van der Waals surface area contributed by atoms with Crippen LogP contribution in [0.25, 0.3) is 0 Å². The van der Waals surface area contributed by atoms with Crippen LogP contribution in [0.1, 0.15) is 12.7 Å². The Morgan fingerprint density at radius 1 is 0.828 bits per heavy atom. The lowest BCUT2D eigenvalue weighted by Crippen LogP contribution is -2.13. The van der Waals surface area contributed by atoms with Crippen molar-refractivity contribution in [3.8, 4) is 17.2 Å². The maximum atomic E-state index is 5.73. The minimum absolute atomic E-state index is 0.511. The van der Waals surface area contributed by atoms with Crippen LogP contribution in [-0.2, 0) is 0 Å². The Balaban J connectivity index is 1.52. The Kier molecular flexibility index (Phi) is 7.10. The fraction of sp³-hybridized carbons (Fsp3) is 0.273. The average molecular weight is 394 g/mol. The molecule has 1 heterocycles. The van der Waals surface area contributed by atoms with Crippen LogP contribution in [0.4, 0.5) is 17.3 Å². The van der Waals surface area contributed by atoms with Crippen molar-refractivity contribution in [2.45, 2.75) is 13.8 Å². The molecule has 0 unspecified atom stereocenters. The third kappa shape index (κ3) is 6.27. The Morgan fingerprint density at radius 3 is 2.14 bits per heavy atom. The highest BCUT2D eigenvalue weighted by molar-refractivity contribution is 5.60. The van der Waals surface area contributed by atoms with E-state index >= 15 is 0 Å². The summed E-state index contributed by atoms with van der Waals surface area (Å²) in [6.45, 7) is 5.60. The van der Waals surface area contributed by atoms with E-state index < -0.39 is 0 Å². The van der Waals surface area contributed by atoms with E-state index in [1.165, 1.54) is 0 Å². The van der Waals surface area contributed by atoms with Crippen molar-refractivity contribution in [1.29, 1.82) is 0 Å². The Labute approximate surface area is 171 Å². The zero-order valence-electron chi connectivity index (χ0n) is 16.9. The average Bonchev–Trinajstić information content (AvgIpc) is 2.73. The Hall–Kier alpha value is -3.48. The van der Waals surface area contributed by atoms with Gasteiger partial charge in [0.2, 0.25) is 0 Å². The van der Waals surface area contributed by atoms with E-state index in [0.29, 0.717) is 25.6 Å². The topological polar surface area (TPSA) is 77.5 Å². The van der Waals surface area contributed by atoms with Crippen LogP contribution < -0.4 is 24.8 Å². The molecule has 29 heavy (non-hydrogen) atoms. The lowest BCUT2D eigenvalue weighted by molar-refractivity contribution is 0.331. The van der Waals surface area contributed by atoms with Crippen LogP contribution in [0.5, 0.6) is 17.2 Å². The number of rotatable bonds is 10. The number of nitrogens with zero attached hydrogens (tertiary/aromatic N) is 2. The summed E-state index contributed by atoms with van der Waals surface area (Å²) in [5, 5.41) is 6.56. The molecule has 2 aromatic carbocycles. The van der Waals surface area contributed by atoms with Gasteiger partial charge in [0.25, 0.3) is 0 Å². The van der Waals surface area contributed by atoms with Crippen molar-refractivity contribution >= 4 is 17.3 Å². The number of nitrogens with one attached hydrogen (secondary N) is 2. The molecule has 0 saturated heterocycles. The molecule has 152 valence electrons. The van der Waals surface area contributed by atoms with E-state index in [-0.39, 0.29) is 0 Å². The van der Waals surface area contributed by atoms with Gasteiger partial charge in [-0.15, -0.1) is 0 Å². The summed E-state index contributed by atoms with van der Waals surface area (Å²) < 4.78 is 16.3. The van der Waals surface area contributed by atoms with Crippen molar-refractivity contribution in [3.05, 3.63) is 60.4 Å². The number of ether oxygens (including phenoxy) is 3. The largest absolute Gasteiger partial charge is 0.497 e. The molecule has 0 atom stereocenters. The van der Waals surface area contributed by atoms with Gasteiger partial charge in [-0.1, -0.05) is 0 Å². The predicted molar refractivity (Wildman–Crippen MR) is 115 cm³/mol. The van der Waals surface area contributed by atoms with Crippen molar-refractivity contribution in [2.75, 3.05) is 37.5 Å². The quantitative estimate of drug-likeness (QED) is 0.493. The minimum atomic E-state index is 0.511. The summed E-state index contributed by atoms with van der Waals surface area (Å²) in [4.78, 5) is 8.87. The van der Waals surface area contributed by atoms with Gasteiger partial charge < -0.3 is 24.8 Å². The lowest BCUT2D eigenvalue weighted by atomic mass is 10.3. The maximum Gasteiger partial charge on any atom is 0.136 e. The molecule has 0 aliphatic carbocycles. The van der Waals surface area contributed by atoms with Crippen LogP contribution in [0, 0.1) is 6.92 Å². The fourth-order valence-corrected chi connectivity index (χ4v) is 2.69. The van der Waals surface area contributed by atoms with E-state index in [2.05, 4.69) is 20.6 Å². The Morgan fingerprint density at radius 2 is 1.45 bits per heavy atom. The van der Waals surface area contributed by atoms with Crippen molar-refractivity contribution < 1.29 is 14.2 Å². The van der Waals surface area contributed by atoms with Gasteiger partial charge in [0.15, 0.2) is 0 Å². The van der Waals surface area contributed by atoms with Crippen molar-refractivity contribution in [1.82, 2.24) is 9.97 Å². The van der Waals surface area contributed by atoms with Crippen LogP contribution in [0.15, 0.2) is 54.6 Å². The van der Waals surface area contributed by atoms with Gasteiger partial charge in [0.05, 0.1) is 20.3 Å². The second-order valence-corrected chi connectivity index (χ2v) is 6.22. The van der Waals surface area contributed by atoms with Crippen molar-refractivity contribution in [3.63, 3.8) is 0 Å². The first-order valence-corrected chi connectivity index (χ1v) is 9.52. The highest BCUT2D eigenvalue weighted by Crippen LogP contribution is 2.21. The van der Waals surface area contributed by atoms with Gasteiger partial charge >= 0.3 is 0 Å². The van der Waals surface area contributed by atoms with Gasteiger partial charge in [0, 0.05) is 11.8 Å². The second kappa shape index (κ2) is 10.2. The highest BCUT2D eigenvalue weighted by Gasteiger charge is 2.03. The third-order valence-corrected chi connectivity index (χ3v) is 4.01. The molecule has 0 aliphatic rings. The number of benzene rings is 2. The minimum Gasteiger partial charge on any atom is -0.497 e. The zero-order valence-corrected chi connectivity index (χ0v) is 16.9. The molecular weight excluding hydrogens is 368 g/mol. The molecule has 0 amide bonds. The summed E-state index contributed by atoms with van der Waals surface area (Å²) in [5.74, 6) is 4.59. The fourth-order valence-electron chi connectivity index (χ4n) is 2.69. The molecule has 7 nitrogen and oxygen atoms in total. The third-order valence-electron chi connectivity index (χ3n) is 4.01. The van der Waals surface area contributed by atoms with E-state index in [9.17, 15) is 0 Å². The zero-order chi connectivity index (χ0) is 20.5. The van der Waals surface area contributed by atoms with Crippen LogP contribution in [-0.4, -0.2) is 36.8 Å². The van der Waals surface area contributed by atoms with Crippen LogP contribution >= 0.6 is 0 Å². The monoisotopic (exact) mass is 394 g/mol. The maximum absolute atomic E-state index is 5.73. The summed E-state index contributed by atoms with van der Waals surface area (Å²) in [6, 6.07) is 17.1. The van der Waals surface area contributed by atoms with Crippen LogP contribution in [0.2, 0.25) is 0 Å². The molecule has 3 rings (SSSR count). The normalized spacial score (nSPS) is 10.3. The summed E-state index contributed by atoms with van der Waals surface area (Å²) in [6.07, 6.45) is 0. The van der Waals surface area contributed by atoms with Gasteiger partial charge in [-0.2, -0.15) is 0 Å². The molecule has 3 aromatic rings. The molecule has 0 radical (unpaired) electrons. The van der Waals surface area contributed by atoms with Gasteiger partial charge in [-0.05, 0) is 62.4 Å². The molecular formula is C22H26N4O3. The van der Waals surface area contributed by atoms with Gasteiger partial charge in [-0.3, -0.25) is 0 Å². The molecule has 0 fully saturated rings. The first kappa shape index (κ1) is 20.3. The smallest absolute Gasteiger partial charge is 0.136 e. The van der Waals surface area contributed by atoms with Gasteiger partial charge in [0.1, 0.15) is 41.3 Å². The molecule has 0 saturated carbocycles. The van der Waals surface area contributed by atoms with Crippen molar-refractivity contribution in [2.24, 2.45) is 0 Å². The molecule has 1 aromatic heterocycles. The lowest BCUT2D eigenvalue weighted by Gasteiger charge is -2.11. The predicted octanol–water partition coefficient (Wildman–Crippen LogP) is 4.43. The standard InChI is InChI=1S/C22H26N4O3/c1-4-28-19-7-5-17(6-8-19)26-22-15-21(24-16(2)25-22)23-13-14-29-20-11-9-18(27-3)10-12-20/h5-12,15H,4,13-14H2,1-3H3,(H2,23,24,25,26). The van der Waals surface area contributed by atoms with Gasteiger partial charge in [-0.25, -0.2) is 9.97 Å². The summed E-state index contributed by atoms with van der Waals surface area (Å²) in [5.41, 5.74) is 0.931. The molecule has 0 spiro atoms. The van der Waals surface area contributed by atoms with E-state index in [4.69, 9.17) is 14.2 Å². The number of aromatic nitrogens is 2. The number of methoxy groups -OCH3 is 1. The molecule has 0 bridgehead atoms. The highest BCUT2D eigenvalue weighted by atomic mass is 16.5. The number of hydrogen-bond acceptors (Lipinski definition) is 7. The molecule has 2 N–H and O–H groups in total. The summed E-state index contributed by atoms with van der Waals surface area (Å²) >= 11 is 0. The second-order valence-electron chi connectivity index (χ2n) is 6.22. The van der Waals surface area contributed by atoms with Crippen LogP contribution in [0.3, 0.4) is 0 Å². The molecule has 7 heteroatoms.